The molecule has 0 unspecified atom stereocenters. The number of piperazine rings is 1. The van der Waals surface area contributed by atoms with Crippen LogP contribution in [-0.4, -0.2) is 59.4 Å². The Balaban J connectivity index is 1.60. The Labute approximate surface area is 171 Å². The third kappa shape index (κ3) is 3.98. The van der Waals surface area contributed by atoms with Crippen molar-refractivity contribution in [2.75, 3.05) is 32.7 Å². The van der Waals surface area contributed by atoms with Crippen molar-refractivity contribution >= 4 is 17.5 Å². The van der Waals surface area contributed by atoms with Gasteiger partial charge >= 0.3 is 5.97 Å². The number of aliphatic imine (C=N–C) groups is 1. The molecule has 152 valence electrons. The van der Waals surface area contributed by atoms with E-state index in [1.165, 1.54) is 0 Å². The lowest BCUT2D eigenvalue weighted by molar-refractivity contribution is -0.148. The number of nitrogens with zero attached hydrogens (tertiary/aromatic N) is 3. The molecule has 0 radical (unpaired) electrons. The highest BCUT2D eigenvalue weighted by Gasteiger charge is 2.32. The number of benzene rings is 2. The van der Waals surface area contributed by atoms with Crippen molar-refractivity contribution in [3.05, 3.63) is 53.6 Å². The summed E-state index contributed by atoms with van der Waals surface area (Å²) >= 11 is 0. The molecule has 2 heterocycles. The molecule has 0 amide bonds. The first-order valence-electron chi connectivity index (χ1n) is 10.0. The molecule has 1 saturated heterocycles. The van der Waals surface area contributed by atoms with Crippen LogP contribution in [0.25, 0.3) is 0 Å². The van der Waals surface area contributed by atoms with Crippen LogP contribution in [0, 0.1) is 12.3 Å². The lowest BCUT2D eigenvalue weighted by Gasteiger charge is -2.39. The zero-order valence-corrected chi connectivity index (χ0v) is 17.2. The lowest BCUT2D eigenvalue weighted by atomic mass is 9.93. The van der Waals surface area contributed by atoms with Gasteiger partial charge in [-0.2, -0.15) is 0 Å². The number of carboxylic acid groups (broad SMARTS) is 1. The number of carbonyl (C=O) groups is 1. The smallest absolute Gasteiger partial charge is 0.310 e. The van der Waals surface area contributed by atoms with Crippen LogP contribution >= 0.6 is 0 Å². The molecule has 2 aromatic carbocycles. The van der Waals surface area contributed by atoms with Crippen molar-refractivity contribution in [1.29, 1.82) is 0 Å². The summed E-state index contributed by atoms with van der Waals surface area (Å²) in [7, 11) is 0. The number of aryl methyl sites for hydroxylation is 1. The Morgan fingerprint density at radius 1 is 1.10 bits per heavy atom. The van der Waals surface area contributed by atoms with Gasteiger partial charge in [-0.15, -0.1) is 0 Å². The minimum absolute atomic E-state index is 0.546. The van der Waals surface area contributed by atoms with Crippen LogP contribution in [0.3, 0.4) is 0 Å². The normalized spacial score (nSPS) is 16.9. The van der Waals surface area contributed by atoms with Crippen LogP contribution in [0.15, 0.2) is 47.5 Å². The summed E-state index contributed by atoms with van der Waals surface area (Å²) in [5, 5.41) is 9.42. The molecule has 6 nitrogen and oxygen atoms in total. The molecule has 0 atom stereocenters. The van der Waals surface area contributed by atoms with Crippen molar-refractivity contribution < 1.29 is 14.6 Å². The molecule has 1 fully saturated rings. The predicted octanol–water partition coefficient (Wildman–Crippen LogP) is 3.91. The van der Waals surface area contributed by atoms with E-state index < -0.39 is 11.4 Å². The van der Waals surface area contributed by atoms with Crippen molar-refractivity contribution in [3.63, 3.8) is 0 Å². The number of carboxylic acids is 1. The van der Waals surface area contributed by atoms with Gasteiger partial charge in [-0.05, 0) is 45.0 Å². The van der Waals surface area contributed by atoms with Gasteiger partial charge in [0, 0.05) is 32.7 Å². The zero-order chi connectivity index (χ0) is 20.6. The average molecular weight is 393 g/mol. The number of aliphatic carboxylic acids is 1. The van der Waals surface area contributed by atoms with Crippen molar-refractivity contribution in [1.82, 2.24) is 9.80 Å². The third-order valence-electron chi connectivity index (χ3n) is 5.56. The second kappa shape index (κ2) is 7.52. The number of fused-ring (bicyclic) bond motifs is 2. The lowest BCUT2D eigenvalue weighted by Crippen LogP contribution is -2.52. The van der Waals surface area contributed by atoms with Gasteiger partial charge in [0.15, 0.2) is 5.75 Å². The first kappa shape index (κ1) is 19.5. The molecule has 29 heavy (non-hydrogen) atoms. The monoisotopic (exact) mass is 393 g/mol. The summed E-state index contributed by atoms with van der Waals surface area (Å²) in [4.78, 5) is 21.0. The molecule has 0 saturated carbocycles. The molecular weight excluding hydrogens is 366 g/mol. The van der Waals surface area contributed by atoms with Gasteiger partial charge in [0.25, 0.3) is 0 Å². The molecule has 2 aliphatic rings. The van der Waals surface area contributed by atoms with Crippen molar-refractivity contribution in [2.24, 2.45) is 10.4 Å². The molecule has 1 N–H and O–H groups in total. The molecule has 2 aliphatic heterocycles. The maximum Gasteiger partial charge on any atom is 0.310 e. The first-order valence-corrected chi connectivity index (χ1v) is 10.0. The highest BCUT2D eigenvalue weighted by molar-refractivity contribution is 6.04. The second-order valence-corrected chi connectivity index (χ2v) is 8.46. The molecular formula is C23H27N3O3. The minimum Gasteiger partial charge on any atom is -0.481 e. The number of ether oxygens (including phenoxy) is 1. The number of rotatable bonds is 3. The molecule has 0 bridgehead atoms. The van der Waals surface area contributed by atoms with E-state index >= 15 is 0 Å². The fourth-order valence-corrected chi connectivity index (χ4v) is 3.82. The highest BCUT2D eigenvalue weighted by Crippen LogP contribution is 2.38. The Morgan fingerprint density at radius 2 is 1.83 bits per heavy atom. The van der Waals surface area contributed by atoms with E-state index in [0.717, 1.165) is 60.3 Å². The Bertz CT molecular complexity index is 960. The Morgan fingerprint density at radius 3 is 2.55 bits per heavy atom. The standard InChI is InChI=1S/C23H27N3O3/c1-16-8-9-19-17(14-16)21(24-18-6-4-5-7-20(18)29-19)26-12-10-25(11-13-26)15-23(2,3)22(27)28/h4-9,14H,10-13,15H2,1-3H3,(H,27,28). The average Bonchev–Trinajstić information content (AvgIpc) is 2.85. The Kier molecular flexibility index (Phi) is 5.04. The van der Waals surface area contributed by atoms with E-state index in [4.69, 9.17) is 9.73 Å². The molecule has 4 rings (SSSR count). The van der Waals surface area contributed by atoms with Gasteiger partial charge in [0.1, 0.15) is 17.3 Å². The summed E-state index contributed by atoms with van der Waals surface area (Å²) in [6.45, 7) is 9.38. The summed E-state index contributed by atoms with van der Waals surface area (Å²) in [5.41, 5.74) is 2.23. The van der Waals surface area contributed by atoms with Gasteiger partial charge in [-0.1, -0.05) is 23.8 Å². The number of para-hydroxylation sites is 2. The largest absolute Gasteiger partial charge is 0.481 e. The van der Waals surface area contributed by atoms with E-state index in [-0.39, 0.29) is 0 Å². The first-order chi connectivity index (χ1) is 13.8. The molecule has 6 heteroatoms. The number of hydrogen-bond donors (Lipinski definition) is 1. The fourth-order valence-electron chi connectivity index (χ4n) is 3.82. The molecule has 0 spiro atoms. The van der Waals surface area contributed by atoms with Crippen LogP contribution in [0.1, 0.15) is 25.0 Å². The van der Waals surface area contributed by atoms with Crippen LogP contribution in [0.4, 0.5) is 5.69 Å². The van der Waals surface area contributed by atoms with Crippen LogP contribution in [0.5, 0.6) is 11.5 Å². The fraction of sp³-hybridized carbons (Fsp3) is 0.391. The molecule has 0 aliphatic carbocycles. The number of hydrogen-bond acceptors (Lipinski definition) is 5. The SMILES string of the molecule is Cc1ccc2c(c1)C(N1CCN(CC(C)(C)C(=O)O)CC1)=Nc1ccccc1O2. The number of amidine groups is 1. The van der Waals surface area contributed by atoms with Gasteiger partial charge in [0.05, 0.1) is 11.0 Å². The summed E-state index contributed by atoms with van der Waals surface area (Å²) in [6, 6.07) is 14.0. The quantitative estimate of drug-likeness (QED) is 0.857. The maximum atomic E-state index is 11.5. The summed E-state index contributed by atoms with van der Waals surface area (Å²) in [6.07, 6.45) is 0. The van der Waals surface area contributed by atoms with Crippen LogP contribution in [-0.2, 0) is 4.79 Å². The van der Waals surface area contributed by atoms with Crippen LogP contribution < -0.4 is 4.74 Å². The Hall–Kier alpha value is -2.86. The zero-order valence-electron chi connectivity index (χ0n) is 17.2. The van der Waals surface area contributed by atoms with Gasteiger partial charge in [-0.25, -0.2) is 4.99 Å². The second-order valence-electron chi connectivity index (χ2n) is 8.46. The van der Waals surface area contributed by atoms with E-state index in [0.29, 0.717) is 6.54 Å². The predicted molar refractivity (Wildman–Crippen MR) is 113 cm³/mol. The van der Waals surface area contributed by atoms with E-state index in [1.807, 2.05) is 30.3 Å². The van der Waals surface area contributed by atoms with Gasteiger partial charge < -0.3 is 14.7 Å². The van der Waals surface area contributed by atoms with E-state index in [1.54, 1.807) is 13.8 Å². The minimum atomic E-state index is -0.758. The highest BCUT2D eigenvalue weighted by atomic mass is 16.5. The van der Waals surface area contributed by atoms with E-state index in [2.05, 4.69) is 28.9 Å². The van der Waals surface area contributed by atoms with Crippen molar-refractivity contribution in [3.8, 4) is 11.5 Å². The van der Waals surface area contributed by atoms with E-state index in [9.17, 15) is 9.90 Å². The third-order valence-corrected chi connectivity index (χ3v) is 5.56. The topological polar surface area (TPSA) is 65.4 Å². The van der Waals surface area contributed by atoms with Gasteiger partial charge in [-0.3, -0.25) is 9.69 Å². The van der Waals surface area contributed by atoms with Gasteiger partial charge in [0.2, 0.25) is 0 Å². The van der Waals surface area contributed by atoms with Crippen LogP contribution in [0.2, 0.25) is 0 Å². The molecule has 0 aromatic heterocycles. The summed E-state index contributed by atoms with van der Waals surface area (Å²) in [5.74, 6) is 1.74. The van der Waals surface area contributed by atoms with Crippen molar-refractivity contribution in [2.45, 2.75) is 20.8 Å². The summed E-state index contributed by atoms with van der Waals surface area (Å²) < 4.78 is 6.17. The molecule has 2 aromatic rings. The maximum absolute atomic E-state index is 11.5.